The first-order chi connectivity index (χ1) is 4.24. The zero-order chi connectivity index (χ0) is 6.85. The maximum atomic E-state index is 10.3. The first kappa shape index (κ1) is 6.35. The highest BCUT2D eigenvalue weighted by molar-refractivity contribution is 5.72. The summed E-state index contributed by atoms with van der Waals surface area (Å²) in [5, 5.41) is 8.51. The highest BCUT2D eigenvalue weighted by Crippen LogP contribution is 2.12. The van der Waals surface area contributed by atoms with Crippen LogP contribution in [0.25, 0.3) is 0 Å². The van der Waals surface area contributed by atoms with E-state index in [1.807, 2.05) is 0 Å². The number of carbonyl (C=O) groups is 1. The lowest BCUT2D eigenvalue weighted by Gasteiger charge is -2.36. The van der Waals surface area contributed by atoms with E-state index in [2.05, 4.69) is 0 Å². The SMILES string of the molecule is NC(=O)N1CC(CO)C1. The molecule has 0 aromatic heterocycles. The summed E-state index contributed by atoms with van der Waals surface area (Å²) in [6.07, 6.45) is 0. The molecule has 0 aromatic carbocycles. The van der Waals surface area contributed by atoms with E-state index in [4.69, 9.17) is 10.8 Å². The van der Waals surface area contributed by atoms with E-state index in [9.17, 15) is 4.79 Å². The Hall–Kier alpha value is -0.770. The molecular formula is C5H10N2O2. The van der Waals surface area contributed by atoms with Gasteiger partial charge in [-0.1, -0.05) is 0 Å². The highest BCUT2D eigenvalue weighted by Gasteiger charge is 2.27. The summed E-state index contributed by atoms with van der Waals surface area (Å²) in [5.41, 5.74) is 4.92. The van der Waals surface area contributed by atoms with Crippen molar-refractivity contribution in [3.63, 3.8) is 0 Å². The van der Waals surface area contributed by atoms with Crippen molar-refractivity contribution in [3.8, 4) is 0 Å². The van der Waals surface area contributed by atoms with Gasteiger partial charge in [0.05, 0.1) is 0 Å². The molecule has 3 N–H and O–H groups in total. The fourth-order valence-electron chi connectivity index (χ4n) is 0.865. The van der Waals surface area contributed by atoms with Gasteiger partial charge in [0.25, 0.3) is 0 Å². The summed E-state index contributed by atoms with van der Waals surface area (Å²) in [4.78, 5) is 11.8. The van der Waals surface area contributed by atoms with Crippen LogP contribution in [0.2, 0.25) is 0 Å². The Labute approximate surface area is 53.2 Å². The molecule has 1 fully saturated rings. The number of nitrogens with two attached hydrogens (primary N) is 1. The first-order valence-electron chi connectivity index (χ1n) is 2.89. The molecule has 0 atom stereocenters. The molecule has 1 aliphatic heterocycles. The Balaban J connectivity index is 2.19. The number of carbonyl (C=O) groups excluding carboxylic acids is 1. The number of hydrogen-bond acceptors (Lipinski definition) is 2. The summed E-state index contributed by atoms with van der Waals surface area (Å²) in [6.45, 7) is 1.39. The normalized spacial score (nSPS) is 19.4. The Morgan fingerprint density at radius 1 is 1.78 bits per heavy atom. The maximum absolute atomic E-state index is 10.3. The van der Waals surface area contributed by atoms with Crippen LogP contribution in [-0.4, -0.2) is 35.7 Å². The minimum Gasteiger partial charge on any atom is -0.396 e. The van der Waals surface area contributed by atoms with Crippen LogP contribution < -0.4 is 5.73 Å². The number of aliphatic hydroxyl groups excluding tert-OH is 1. The number of amides is 2. The average molecular weight is 130 g/mol. The van der Waals surface area contributed by atoms with Gasteiger partial charge < -0.3 is 15.7 Å². The van der Waals surface area contributed by atoms with Crippen LogP contribution in [0.1, 0.15) is 0 Å². The third-order valence-electron chi connectivity index (χ3n) is 1.53. The Morgan fingerprint density at radius 2 is 2.33 bits per heavy atom. The van der Waals surface area contributed by atoms with E-state index in [0.717, 1.165) is 0 Å². The van der Waals surface area contributed by atoms with Crippen LogP contribution in [-0.2, 0) is 0 Å². The van der Waals surface area contributed by atoms with Gasteiger partial charge in [-0.05, 0) is 0 Å². The van der Waals surface area contributed by atoms with Gasteiger partial charge in [0, 0.05) is 25.6 Å². The lowest BCUT2D eigenvalue weighted by Crippen LogP contribution is -2.53. The van der Waals surface area contributed by atoms with E-state index in [1.54, 1.807) is 0 Å². The number of aliphatic hydroxyl groups is 1. The standard InChI is InChI=1S/C5H10N2O2/c6-5(9)7-1-4(2-7)3-8/h4,8H,1-3H2,(H2,6,9). The van der Waals surface area contributed by atoms with Crippen molar-refractivity contribution in [2.24, 2.45) is 11.7 Å². The van der Waals surface area contributed by atoms with Crippen molar-refractivity contribution >= 4 is 6.03 Å². The van der Waals surface area contributed by atoms with Gasteiger partial charge in [0.15, 0.2) is 0 Å². The van der Waals surface area contributed by atoms with Crippen LogP contribution >= 0.6 is 0 Å². The van der Waals surface area contributed by atoms with E-state index in [-0.39, 0.29) is 18.6 Å². The molecule has 1 aliphatic rings. The van der Waals surface area contributed by atoms with E-state index < -0.39 is 0 Å². The molecule has 0 radical (unpaired) electrons. The second-order valence-electron chi connectivity index (χ2n) is 2.29. The predicted octanol–water partition coefficient (Wildman–Crippen LogP) is -1.01. The zero-order valence-corrected chi connectivity index (χ0v) is 5.08. The Morgan fingerprint density at radius 3 is 2.67 bits per heavy atom. The molecule has 1 rings (SSSR count). The summed E-state index contributed by atoms with van der Waals surface area (Å²) in [7, 11) is 0. The average Bonchev–Trinajstić information content (AvgIpc) is 1.61. The van der Waals surface area contributed by atoms with E-state index >= 15 is 0 Å². The first-order valence-corrected chi connectivity index (χ1v) is 2.89. The molecule has 9 heavy (non-hydrogen) atoms. The predicted molar refractivity (Wildman–Crippen MR) is 31.7 cm³/mol. The highest BCUT2D eigenvalue weighted by atomic mass is 16.3. The van der Waals surface area contributed by atoms with E-state index in [1.165, 1.54) is 4.90 Å². The molecule has 1 saturated heterocycles. The number of primary amides is 1. The van der Waals surface area contributed by atoms with Gasteiger partial charge in [-0.2, -0.15) is 0 Å². The van der Waals surface area contributed by atoms with Crippen LogP contribution in [0.3, 0.4) is 0 Å². The number of likely N-dealkylation sites (tertiary alicyclic amines) is 1. The molecule has 0 spiro atoms. The lowest BCUT2D eigenvalue weighted by molar-refractivity contribution is 0.0819. The van der Waals surface area contributed by atoms with Gasteiger partial charge in [-0.15, -0.1) is 0 Å². The molecule has 2 amide bonds. The number of urea groups is 1. The molecule has 4 nitrogen and oxygen atoms in total. The monoisotopic (exact) mass is 130 g/mol. The second-order valence-corrected chi connectivity index (χ2v) is 2.29. The molecule has 0 saturated carbocycles. The molecule has 0 aromatic rings. The smallest absolute Gasteiger partial charge is 0.314 e. The van der Waals surface area contributed by atoms with Crippen LogP contribution in [0.4, 0.5) is 4.79 Å². The zero-order valence-electron chi connectivity index (χ0n) is 5.08. The second kappa shape index (κ2) is 2.23. The third-order valence-corrected chi connectivity index (χ3v) is 1.53. The number of rotatable bonds is 1. The number of hydrogen-bond donors (Lipinski definition) is 2. The van der Waals surface area contributed by atoms with Gasteiger partial charge in [-0.25, -0.2) is 4.79 Å². The van der Waals surface area contributed by atoms with Gasteiger partial charge >= 0.3 is 6.03 Å². The van der Waals surface area contributed by atoms with Crippen molar-refractivity contribution in [3.05, 3.63) is 0 Å². The van der Waals surface area contributed by atoms with Crippen molar-refractivity contribution in [1.82, 2.24) is 4.90 Å². The summed E-state index contributed by atoms with van der Waals surface area (Å²) in [5.74, 6) is 0.262. The Kier molecular flexibility index (Phi) is 1.57. The summed E-state index contributed by atoms with van der Waals surface area (Å²) in [6, 6.07) is -0.389. The van der Waals surface area contributed by atoms with Crippen LogP contribution in [0.15, 0.2) is 0 Å². The molecular weight excluding hydrogens is 120 g/mol. The van der Waals surface area contributed by atoms with Gasteiger partial charge in [0.1, 0.15) is 0 Å². The fraction of sp³-hybridized carbons (Fsp3) is 0.800. The third kappa shape index (κ3) is 1.13. The fourth-order valence-corrected chi connectivity index (χ4v) is 0.865. The van der Waals surface area contributed by atoms with Gasteiger partial charge in [0.2, 0.25) is 0 Å². The minimum atomic E-state index is -0.389. The summed E-state index contributed by atoms with van der Waals surface area (Å²) >= 11 is 0. The van der Waals surface area contributed by atoms with Crippen molar-refractivity contribution < 1.29 is 9.90 Å². The molecule has 1 heterocycles. The van der Waals surface area contributed by atoms with Crippen molar-refractivity contribution in [1.29, 1.82) is 0 Å². The quantitative estimate of drug-likeness (QED) is 0.477. The molecule has 4 heteroatoms. The van der Waals surface area contributed by atoms with Crippen molar-refractivity contribution in [2.75, 3.05) is 19.7 Å². The topological polar surface area (TPSA) is 66.6 Å². The largest absolute Gasteiger partial charge is 0.396 e. The molecule has 0 bridgehead atoms. The van der Waals surface area contributed by atoms with Crippen LogP contribution in [0, 0.1) is 5.92 Å². The lowest BCUT2D eigenvalue weighted by atomic mass is 10.0. The molecule has 0 unspecified atom stereocenters. The number of nitrogens with zero attached hydrogens (tertiary/aromatic N) is 1. The minimum absolute atomic E-state index is 0.157. The molecule has 52 valence electrons. The maximum Gasteiger partial charge on any atom is 0.314 e. The van der Waals surface area contributed by atoms with Crippen LogP contribution in [0.5, 0.6) is 0 Å². The Bertz CT molecular complexity index is 120. The summed E-state index contributed by atoms with van der Waals surface area (Å²) < 4.78 is 0. The molecule has 0 aliphatic carbocycles. The van der Waals surface area contributed by atoms with Gasteiger partial charge in [-0.3, -0.25) is 0 Å². The van der Waals surface area contributed by atoms with Crippen molar-refractivity contribution in [2.45, 2.75) is 0 Å². The van der Waals surface area contributed by atoms with E-state index in [0.29, 0.717) is 13.1 Å².